The van der Waals surface area contributed by atoms with Gasteiger partial charge in [0.1, 0.15) is 5.69 Å². The first kappa shape index (κ1) is 16.5. The van der Waals surface area contributed by atoms with Crippen LogP contribution in [0.25, 0.3) is 11.3 Å². The fourth-order valence-corrected chi connectivity index (χ4v) is 2.49. The predicted octanol–water partition coefficient (Wildman–Crippen LogP) is 3.37. The van der Waals surface area contributed by atoms with Crippen LogP contribution in [0.5, 0.6) is 0 Å². The van der Waals surface area contributed by atoms with Crippen molar-refractivity contribution in [1.29, 1.82) is 0 Å². The van der Waals surface area contributed by atoms with Gasteiger partial charge in [-0.2, -0.15) is 5.10 Å². The molecular weight excluding hydrogens is 348 g/mol. The van der Waals surface area contributed by atoms with Crippen molar-refractivity contribution in [3.05, 3.63) is 34.9 Å². The Bertz CT molecular complexity index is 664. The number of nitrogens with zero attached hydrogens (tertiary/aromatic N) is 3. The molecule has 1 aromatic carbocycles. The first-order valence-corrected chi connectivity index (χ1v) is 7.58. The van der Waals surface area contributed by atoms with E-state index in [1.807, 2.05) is 58.3 Å². The molecule has 0 unspecified atom stereocenters. The van der Waals surface area contributed by atoms with Gasteiger partial charge in [-0.3, -0.25) is 14.9 Å². The van der Waals surface area contributed by atoms with Crippen molar-refractivity contribution in [3.8, 4) is 11.3 Å². The van der Waals surface area contributed by atoms with Crippen molar-refractivity contribution < 1.29 is 9.63 Å². The number of amides is 1. The summed E-state index contributed by atoms with van der Waals surface area (Å²) in [7, 11) is 1.86. The average molecular weight is 367 g/mol. The van der Waals surface area contributed by atoms with Gasteiger partial charge in [-0.15, -0.1) is 5.17 Å². The number of hydroxylamine groups is 1. The number of hydrogen-bond acceptors (Lipinski definition) is 4. The van der Waals surface area contributed by atoms with E-state index in [0.717, 1.165) is 26.6 Å². The first-order valence-electron chi connectivity index (χ1n) is 6.78. The minimum Gasteiger partial charge on any atom is -0.274 e. The molecule has 0 aliphatic heterocycles. The van der Waals surface area contributed by atoms with Crippen LogP contribution < -0.4 is 5.43 Å². The molecule has 1 aromatic heterocycles. The number of aryl methyl sites for hydroxylation is 1. The van der Waals surface area contributed by atoms with E-state index in [1.165, 1.54) is 0 Å². The molecule has 0 saturated heterocycles. The van der Waals surface area contributed by atoms with E-state index in [4.69, 9.17) is 4.84 Å². The van der Waals surface area contributed by atoms with Crippen LogP contribution in [0.3, 0.4) is 0 Å². The maximum absolute atomic E-state index is 11.1. The maximum Gasteiger partial charge on any atom is 0.254 e. The van der Waals surface area contributed by atoms with Crippen molar-refractivity contribution in [2.45, 2.75) is 26.4 Å². The fraction of sp³-hybridized carbons (Fsp3) is 0.333. The minimum absolute atomic E-state index is 0.477. The Morgan fingerprint density at radius 2 is 2.14 bits per heavy atom. The molecule has 0 fully saturated rings. The van der Waals surface area contributed by atoms with Crippen LogP contribution in [0.2, 0.25) is 0 Å². The van der Waals surface area contributed by atoms with Crippen LogP contribution in [0, 0.1) is 0 Å². The molecule has 7 heteroatoms. The predicted molar refractivity (Wildman–Crippen MR) is 88.7 cm³/mol. The molecular formula is C15H19BrN4O2. The van der Waals surface area contributed by atoms with Gasteiger partial charge in [0.25, 0.3) is 6.41 Å². The second kappa shape index (κ2) is 6.50. The van der Waals surface area contributed by atoms with Crippen LogP contribution in [0.4, 0.5) is 5.69 Å². The molecule has 0 radical (unpaired) electrons. The van der Waals surface area contributed by atoms with Gasteiger partial charge in [0.2, 0.25) is 0 Å². The van der Waals surface area contributed by atoms with Gasteiger partial charge in [-0.1, -0.05) is 12.1 Å². The number of rotatable bonds is 5. The summed E-state index contributed by atoms with van der Waals surface area (Å²) in [5.41, 5.74) is 4.93. The van der Waals surface area contributed by atoms with Crippen LogP contribution in [-0.4, -0.2) is 27.0 Å². The summed E-state index contributed by atoms with van der Waals surface area (Å²) in [6, 6.07) is 7.59. The largest absolute Gasteiger partial charge is 0.274 e. The second-order valence-electron chi connectivity index (χ2n) is 5.83. The van der Waals surface area contributed by atoms with Crippen LogP contribution in [-0.2, 0) is 16.7 Å². The van der Waals surface area contributed by atoms with Crippen molar-refractivity contribution in [3.63, 3.8) is 0 Å². The third-order valence-electron chi connectivity index (χ3n) is 2.63. The smallest absolute Gasteiger partial charge is 0.254 e. The lowest BCUT2D eigenvalue weighted by Crippen LogP contribution is -2.36. The third-order valence-corrected chi connectivity index (χ3v) is 3.21. The topological polar surface area (TPSA) is 59.4 Å². The van der Waals surface area contributed by atoms with Gasteiger partial charge >= 0.3 is 0 Å². The van der Waals surface area contributed by atoms with E-state index in [-0.39, 0.29) is 0 Å². The van der Waals surface area contributed by atoms with E-state index in [9.17, 15) is 4.79 Å². The minimum atomic E-state index is -0.477. The molecule has 6 nitrogen and oxygen atoms in total. The van der Waals surface area contributed by atoms with Gasteiger partial charge in [0.05, 0.1) is 15.8 Å². The number of hydrogen-bond donors (Lipinski definition) is 1. The number of hydrazine groups is 1. The summed E-state index contributed by atoms with van der Waals surface area (Å²) in [5.74, 6) is 0. The zero-order chi connectivity index (χ0) is 16.3. The summed E-state index contributed by atoms with van der Waals surface area (Å²) in [6.45, 7) is 5.60. The van der Waals surface area contributed by atoms with E-state index >= 15 is 0 Å². The van der Waals surface area contributed by atoms with Gasteiger partial charge in [-0.25, -0.2) is 4.84 Å². The monoisotopic (exact) mass is 366 g/mol. The molecule has 0 aliphatic carbocycles. The quantitative estimate of drug-likeness (QED) is 0.650. The van der Waals surface area contributed by atoms with E-state index in [1.54, 1.807) is 4.68 Å². The summed E-state index contributed by atoms with van der Waals surface area (Å²) in [5, 5.41) is 5.47. The molecule has 0 bridgehead atoms. The number of nitrogens with one attached hydrogen (secondary N) is 1. The lowest BCUT2D eigenvalue weighted by Gasteiger charge is -2.27. The number of halogens is 1. The first-order chi connectivity index (χ1) is 10.3. The summed E-state index contributed by atoms with van der Waals surface area (Å²) in [6.07, 6.45) is 2.48. The second-order valence-corrected chi connectivity index (χ2v) is 6.68. The highest BCUT2D eigenvalue weighted by Gasteiger charge is 2.16. The molecule has 0 aliphatic rings. The SMILES string of the molecule is Cn1cc(Br)c(-c2cccc(NN(C=O)OC(C)(C)C)c2)n1. The lowest BCUT2D eigenvalue weighted by molar-refractivity contribution is -0.205. The Balaban J connectivity index is 2.21. The number of carbonyl (C=O) groups excluding carboxylic acids is 1. The van der Waals surface area contributed by atoms with Crippen molar-refractivity contribution in [2.75, 3.05) is 5.43 Å². The number of anilines is 1. The van der Waals surface area contributed by atoms with Gasteiger partial charge in [0, 0.05) is 18.8 Å². The molecule has 0 atom stereocenters. The fourth-order valence-electron chi connectivity index (χ4n) is 1.88. The van der Waals surface area contributed by atoms with Gasteiger partial charge < -0.3 is 0 Å². The van der Waals surface area contributed by atoms with Crippen LogP contribution >= 0.6 is 15.9 Å². The lowest BCUT2D eigenvalue weighted by atomic mass is 10.1. The zero-order valence-corrected chi connectivity index (χ0v) is 14.6. The average Bonchev–Trinajstić information content (AvgIpc) is 2.76. The molecule has 2 aromatic rings. The Labute approximate surface area is 138 Å². The Kier molecular flexibility index (Phi) is 4.87. The molecule has 2 rings (SSSR count). The standard InChI is InChI=1S/C15H19BrN4O2/c1-15(2,3)22-20(10-21)17-12-7-5-6-11(8-12)14-13(16)9-19(4)18-14/h5-10,17H,1-4H3. The summed E-state index contributed by atoms with van der Waals surface area (Å²) in [4.78, 5) is 16.6. The van der Waals surface area contributed by atoms with E-state index in [0.29, 0.717) is 6.41 Å². The van der Waals surface area contributed by atoms with Crippen molar-refractivity contribution in [2.24, 2.45) is 7.05 Å². The molecule has 22 heavy (non-hydrogen) atoms. The van der Waals surface area contributed by atoms with E-state index < -0.39 is 5.60 Å². The zero-order valence-electron chi connectivity index (χ0n) is 13.0. The number of carbonyl (C=O) groups is 1. The molecule has 1 N–H and O–H groups in total. The van der Waals surface area contributed by atoms with Gasteiger partial charge in [0.15, 0.2) is 0 Å². The highest BCUT2D eigenvalue weighted by molar-refractivity contribution is 9.10. The van der Waals surface area contributed by atoms with E-state index in [2.05, 4.69) is 26.5 Å². The van der Waals surface area contributed by atoms with Crippen LogP contribution in [0.15, 0.2) is 34.9 Å². The summed E-state index contributed by atoms with van der Waals surface area (Å²) >= 11 is 3.49. The molecule has 118 valence electrons. The normalized spacial score (nSPS) is 11.3. The van der Waals surface area contributed by atoms with Crippen molar-refractivity contribution in [1.82, 2.24) is 15.0 Å². The van der Waals surface area contributed by atoms with Crippen LogP contribution in [0.1, 0.15) is 20.8 Å². The highest BCUT2D eigenvalue weighted by atomic mass is 79.9. The number of aromatic nitrogens is 2. The molecule has 0 spiro atoms. The van der Waals surface area contributed by atoms with Gasteiger partial charge in [-0.05, 0) is 48.8 Å². The molecule has 1 heterocycles. The van der Waals surface area contributed by atoms with Crippen molar-refractivity contribution >= 4 is 28.0 Å². The Hall–Kier alpha value is -1.86. The third kappa shape index (κ3) is 4.32. The maximum atomic E-state index is 11.1. The number of benzene rings is 1. The molecule has 0 saturated carbocycles. The Morgan fingerprint density at radius 3 is 2.68 bits per heavy atom. The highest BCUT2D eigenvalue weighted by Crippen LogP contribution is 2.28. The Morgan fingerprint density at radius 1 is 1.41 bits per heavy atom. The summed E-state index contributed by atoms with van der Waals surface area (Å²) < 4.78 is 2.64. The molecule has 1 amide bonds.